The largest absolute Gasteiger partial charge is 0.381 e. The minimum atomic E-state index is -2.95. The molecule has 6 rings (SSSR count). The average molecular weight is 565 g/mol. The quantitative estimate of drug-likeness (QED) is 0.410. The van der Waals surface area contributed by atoms with Gasteiger partial charge in [-0.25, -0.2) is 31.9 Å². The maximum absolute atomic E-state index is 16.3. The third-order valence-corrected chi connectivity index (χ3v) is 8.41. The summed E-state index contributed by atoms with van der Waals surface area (Å²) in [7, 11) is 0. The number of amides is 1. The van der Waals surface area contributed by atoms with Gasteiger partial charge in [0.2, 0.25) is 11.8 Å². The standard InChI is InChI=1S/C27H29F5N6O2/c28-20-17(25(7-11-40-12-8-25)24(39)38-14-27(31,32)15-38)1-2-18-22(20)37-23(35-18)21(36-19-13-33-9-10-34-19)16-3-5-26(29,30)6-4-16/h1-2,9-10,13,16,21H,3-8,11-12,14-15H2,(H,34,36)(H,35,37)/t21-/m0/s1. The molecule has 2 aromatic heterocycles. The molecule has 3 fully saturated rings. The van der Waals surface area contributed by atoms with Gasteiger partial charge in [-0.1, -0.05) is 6.07 Å². The van der Waals surface area contributed by atoms with Gasteiger partial charge in [-0.15, -0.1) is 0 Å². The SMILES string of the molecule is O=C(N1CC(F)(F)C1)C1(c2ccc3[nH]c([C@@H](Nc4cnccn4)C4CCC(F)(F)CC4)nc3c2F)CCOCC1. The molecule has 40 heavy (non-hydrogen) atoms. The van der Waals surface area contributed by atoms with Crippen molar-refractivity contribution in [1.29, 1.82) is 0 Å². The van der Waals surface area contributed by atoms with E-state index in [0.29, 0.717) is 17.2 Å². The van der Waals surface area contributed by atoms with Gasteiger partial charge in [0.1, 0.15) is 17.2 Å². The average Bonchev–Trinajstić information content (AvgIpc) is 3.36. The number of ether oxygens (including phenoxy) is 1. The Kier molecular flexibility index (Phi) is 6.67. The topological polar surface area (TPSA) is 96.0 Å². The van der Waals surface area contributed by atoms with E-state index in [1.165, 1.54) is 24.7 Å². The molecule has 214 valence electrons. The van der Waals surface area contributed by atoms with Crippen LogP contribution in [0.15, 0.2) is 30.7 Å². The van der Waals surface area contributed by atoms with Crippen molar-refractivity contribution in [3.05, 3.63) is 47.9 Å². The number of rotatable bonds is 6. The van der Waals surface area contributed by atoms with Crippen LogP contribution in [-0.4, -0.2) is 68.9 Å². The maximum atomic E-state index is 16.3. The van der Waals surface area contributed by atoms with Gasteiger partial charge in [0.25, 0.3) is 5.92 Å². The van der Waals surface area contributed by atoms with Crippen LogP contribution in [0.1, 0.15) is 56.0 Å². The van der Waals surface area contributed by atoms with E-state index in [-0.39, 0.29) is 68.7 Å². The van der Waals surface area contributed by atoms with Crippen LogP contribution in [0.3, 0.4) is 0 Å². The Hall–Kier alpha value is -3.35. The fourth-order valence-electron chi connectivity index (χ4n) is 6.19. The molecule has 2 saturated heterocycles. The molecule has 1 atom stereocenters. The van der Waals surface area contributed by atoms with E-state index < -0.39 is 48.1 Å². The van der Waals surface area contributed by atoms with Crippen molar-refractivity contribution in [2.45, 2.75) is 61.8 Å². The number of benzene rings is 1. The van der Waals surface area contributed by atoms with Crippen LogP contribution in [0.25, 0.3) is 11.0 Å². The first-order chi connectivity index (χ1) is 19.1. The molecule has 3 aliphatic rings. The van der Waals surface area contributed by atoms with Gasteiger partial charge in [-0.3, -0.25) is 9.78 Å². The molecule has 0 radical (unpaired) electrons. The van der Waals surface area contributed by atoms with Crippen LogP contribution in [0.2, 0.25) is 0 Å². The van der Waals surface area contributed by atoms with E-state index >= 15 is 4.39 Å². The lowest BCUT2D eigenvalue weighted by Crippen LogP contribution is -2.63. The van der Waals surface area contributed by atoms with Crippen molar-refractivity contribution in [2.75, 3.05) is 31.6 Å². The number of hydrogen-bond acceptors (Lipinski definition) is 6. The Morgan fingerprint density at radius 1 is 1.05 bits per heavy atom. The predicted molar refractivity (Wildman–Crippen MR) is 135 cm³/mol. The summed E-state index contributed by atoms with van der Waals surface area (Å²) in [5.74, 6) is -6.40. The normalized spacial score (nSPS) is 23.0. The van der Waals surface area contributed by atoms with Crippen LogP contribution >= 0.6 is 0 Å². The molecule has 2 aliphatic heterocycles. The molecule has 4 heterocycles. The van der Waals surface area contributed by atoms with E-state index in [4.69, 9.17) is 4.74 Å². The number of fused-ring (bicyclic) bond motifs is 1. The van der Waals surface area contributed by atoms with Gasteiger partial charge in [0, 0.05) is 44.0 Å². The summed E-state index contributed by atoms with van der Waals surface area (Å²) >= 11 is 0. The molecule has 0 unspecified atom stereocenters. The summed E-state index contributed by atoms with van der Waals surface area (Å²) < 4.78 is 76.8. The molecule has 8 nitrogen and oxygen atoms in total. The fourth-order valence-corrected chi connectivity index (χ4v) is 6.19. The Morgan fingerprint density at radius 2 is 1.77 bits per heavy atom. The van der Waals surface area contributed by atoms with Gasteiger partial charge in [-0.05, 0) is 37.7 Å². The number of likely N-dealkylation sites (tertiary alicyclic amines) is 1. The van der Waals surface area contributed by atoms with Gasteiger partial charge in [0.05, 0.1) is 36.3 Å². The molecule has 1 aliphatic carbocycles. The number of carbonyl (C=O) groups excluding carboxylic acids is 1. The van der Waals surface area contributed by atoms with Crippen molar-refractivity contribution in [1.82, 2.24) is 24.8 Å². The Balaban J connectivity index is 1.37. The second-order valence-corrected chi connectivity index (χ2v) is 11.1. The number of H-pyrrole nitrogens is 1. The molecular formula is C27H29F5N6O2. The number of aromatic amines is 1. The van der Waals surface area contributed by atoms with Crippen molar-refractivity contribution in [2.24, 2.45) is 5.92 Å². The van der Waals surface area contributed by atoms with Crippen LogP contribution in [0.4, 0.5) is 27.8 Å². The monoisotopic (exact) mass is 564 g/mol. The number of aromatic nitrogens is 4. The fraction of sp³-hybridized carbons (Fsp3) is 0.556. The smallest absolute Gasteiger partial charge is 0.282 e. The highest BCUT2D eigenvalue weighted by Gasteiger charge is 2.54. The van der Waals surface area contributed by atoms with E-state index in [1.54, 1.807) is 6.07 Å². The minimum Gasteiger partial charge on any atom is -0.381 e. The zero-order valence-electron chi connectivity index (χ0n) is 21.6. The first-order valence-electron chi connectivity index (χ1n) is 13.4. The highest BCUT2D eigenvalue weighted by molar-refractivity contribution is 5.91. The molecule has 0 spiro atoms. The zero-order chi connectivity index (χ0) is 28.1. The first-order valence-corrected chi connectivity index (χ1v) is 13.4. The molecule has 1 saturated carbocycles. The lowest BCUT2D eigenvalue weighted by Gasteiger charge is -2.46. The highest BCUT2D eigenvalue weighted by Crippen LogP contribution is 2.44. The number of imidazole rings is 1. The first kappa shape index (κ1) is 26.9. The second-order valence-electron chi connectivity index (χ2n) is 11.1. The van der Waals surface area contributed by atoms with Crippen LogP contribution in [0.5, 0.6) is 0 Å². The van der Waals surface area contributed by atoms with Gasteiger partial charge < -0.3 is 19.9 Å². The maximum Gasteiger partial charge on any atom is 0.282 e. The summed E-state index contributed by atoms with van der Waals surface area (Å²) in [5.41, 5.74) is -0.892. The summed E-state index contributed by atoms with van der Waals surface area (Å²) in [6.07, 6.45) is 4.74. The Bertz CT molecular complexity index is 1380. The van der Waals surface area contributed by atoms with Crippen LogP contribution in [-0.2, 0) is 14.9 Å². The third kappa shape index (κ3) is 4.88. The Morgan fingerprint density at radius 3 is 2.42 bits per heavy atom. The van der Waals surface area contributed by atoms with Gasteiger partial charge >= 0.3 is 0 Å². The van der Waals surface area contributed by atoms with Crippen molar-refractivity contribution in [3.63, 3.8) is 0 Å². The van der Waals surface area contributed by atoms with Gasteiger partial charge in [-0.2, -0.15) is 0 Å². The number of nitrogens with zero attached hydrogens (tertiary/aromatic N) is 4. The summed E-state index contributed by atoms with van der Waals surface area (Å²) in [6, 6.07) is 2.55. The molecule has 1 amide bonds. The number of nitrogens with one attached hydrogen (secondary N) is 2. The number of halogens is 5. The lowest BCUT2D eigenvalue weighted by atomic mass is 9.72. The minimum absolute atomic E-state index is 0.00723. The predicted octanol–water partition coefficient (Wildman–Crippen LogP) is 5.00. The summed E-state index contributed by atoms with van der Waals surface area (Å²) in [6.45, 7) is -1.01. The van der Waals surface area contributed by atoms with Crippen molar-refractivity contribution in [3.8, 4) is 0 Å². The van der Waals surface area contributed by atoms with Crippen molar-refractivity contribution >= 4 is 22.8 Å². The second kappa shape index (κ2) is 9.93. The molecule has 0 bridgehead atoms. The third-order valence-electron chi connectivity index (χ3n) is 8.41. The summed E-state index contributed by atoms with van der Waals surface area (Å²) in [5, 5.41) is 3.23. The number of hydrogen-bond donors (Lipinski definition) is 2. The zero-order valence-corrected chi connectivity index (χ0v) is 21.6. The van der Waals surface area contributed by atoms with E-state index in [9.17, 15) is 22.4 Å². The summed E-state index contributed by atoms with van der Waals surface area (Å²) in [4.78, 5) is 30.6. The van der Waals surface area contributed by atoms with Crippen LogP contribution < -0.4 is 5.32 Å². The van der Waals surface area contributed by atoms with E-state index in [2.05, 4.69) is 25.3 Å². The molecule has 1 aromatic carbocycles. The molecule has 2 N–H and O–H groups in total. The highest BCUT2D eigenvalue weighted by atomic mass is 19.3. The number of alkyl halides is 4. The number of carbonyl (C=O) groups is 1. The molecular weight excluding hydrogens is 535 g/mol. The Labute approximate surface area is 226 Å². The van der Waals surface area contributed by atoms with E-state index in [0.717, 1.165) is 4.90 Å². The molecule has 13 heteroatoms. The van der Waals surface area contributed by atoms with E-state index in [1.807, 2.05) is 0 Å². The number of anilines is 1. The van der Waals surface area contributed by atoms with Crippen LogP contribution in [0, 0.1) is 11.7 Å². The molecule has 3 aromatic rings. The van der Waals surface area contributed by atoms with Gasteiger partial charge in [0.15, 0.2) is 5.82 Å². The van der Waals surface area contributed by atoms with Crippen molar-refractivity contribution < 1.29 is 31.5 Å². The lowest BCUT2D eigenvalue weighted by molar-refractivity contribution is -0.174.